The molecule has 254 valence electrons. The van der Waals surface area contributed by atoms with Crippen LogP contribution in [0.2, 0.25) is 0 Å². The van der Waals surface area contributed by atoms with E-state index in [1.807, 2.05) is 127 Å². The Morgan fingerprint density at radius 2 is 0.900 bits per heavy atom. The van der Waals surface area contributed by atoms with Gasteiger partial charge in [0.1, 0.15) is 12.1 Å². The Morgan fingerprint density at radius 3 is 1.36 bits per heavy atom. The van der Waals surface area contributed by atoms with Gasteiger partial charge in [-0.3, -0.25) is 14.4 Å². The van der Waals surface area contributed by atoms with E-state index in [4.69, 9.17) is 11.5 Å². The summed E-state index contributed by atoms with van der Waals surface area (Å²) in [6.45, 7) is 0.821. The summed E-state index contributed by atoms with van der Waals surface area (Å²) in [5, 5.41) is 15.2. The third-order valence-electron chi connectivity index (χ3n) is 9.06. The van der Waals surface area contributed by atoms with E-state index in [0.29, 0.717) is 25.9 Å². The van der Waals surface area contributed by atoms with E-state index in [1.165, 1.54) is 0 Å². The maximum atomic E-state index is 14.2. The Kier molecular flexibility index (Phi) is 11.1. The van der Waals surface area contributed by atoms with E-state index in [0.717, 1.165) is 49.0 Å². The molecule has 8 heteroatoms. The number of nitrogens with one attached hydrogen (secondary N) is 3. The van der Waals surface area contributed by atoms with Crippen molar-refractivity contribution in [3.05, 3.63) is 144 Å². The van der Waals surface area contributed by atoms with Gasteiger partial charge < -0.3 is 27.4 Å². The lowest BCUT2D eigenvalue weighted by molar-refractivity contribution is -0.132. The number of amides is 3. The first-order chi connectivity index (χ1) is 24.4. The molecule has 6 aromatic rings. The van der Waals surface area contributed by atoms with Crippen molar-refractivity contribution < 1.29 is 14.4 Å². The molecule has 0 spiro atoms. The topological polar surface area (TPSA) is 139 Å². The van der Waals surface area contributed by atoms with Crippen LogP contribution in [-0.4, -0.2) is 48.9 Å². The third kappa shape index (κ3) is 8.71. The SMILES string of the molecule is NCCCNC(=O)[C@H](Cc1ccc2ccccc2c1)NC(=O)[C@H](Cc1ccc2ccccc2c1)NC(=O)[C@H](N)Cc1ccc2ccccc2c1. The Hall–Kier alpha value is -5.57. The molecule has 0 aromatic heterocycles. The summed E-state index contributed by atoms with van der Waals surface area (Å²) in [6, 6.07) is 39.2. The highest BCUT2D eigenvalue weighted by Gasteiger charge is 2.29. The van der Waals surface area contributed by atoms with E-state index in [-0.39, 0.29) is 18.7 Å². The molecule has 3 atom stereocenters. The van der Waals surface area contributed by atoms with Crippen molar-refractivity contribution in [1.29, 1.82) is 0 Å². The zero-order chi connectivity index (χ0) is 34.9. The number of fused-ring (bicyclic) bond motifs is 3. The van der Waals surface area contributed by atoms with Gasteiger partial charge in [0.05, 0.1) is 6.04 Å². The van der Waals surface area contributed by atoms with Crippen LogP contribution in [0.4, 0.5) is 0 Å². The Bertz CT molecular complexity index is 2130. The van der Waals surface area contributed by atoms with Crippen LogP contribution < -0.4 is 27.4 Å². The molecule has 0 bridgehead atoms. The lowest BCUT2D eigenvalue weighted by Crippen LogP contribution is -2.57. The first kappa shape index (κ1) is 34.3. The lowest BCUT2D eigenvalue weighted by Gasteiger charge is -2.25. The van der Waals surface area contributed by atoms with E-state index >= 15 is 0 Å². The fraction of sp³-hybridized carbons (Fsp3) is 0.214. The van der Waals surface area contributed by atoms with Gasteiger partial charge in [0, 0.05) is 19.4 Å². The fourth-order valence-electron chi connectivity index (χ4n) is 6.32. The predicted molar refractivity (Wildman–Crippen MR) is 201 cm³/mol. The summed E-state index contributed by atoms with van der Waals surface area (Å²) in [7, 11) is 0. The molecule has 0 aliphatic rings. The van der Waals surface area contributed by atoms with Crippen LogP contribution in [0.3, 0.4) is 0 Å². The van der Waals surface area contributed by atoms with Crippen molar-refractivity contribution in [1.82, 2.24) is 16.0 Å². The second kappa shape index (κ2) is 16.2. The zero-order valence-corrected chi connectivity index (χ0v) is 28.0. The largest absolute Gasteiger partial charge is 0.354 e. The lowest BCUT2D eigenvalue weighted by atomic mass is 9.98. The van der Waals surface area contributed by atoms with E-state index in [9.17, 15) is 14.4 Å². The summed E-state index contributed by atoms with van der Waals surface area (Å²) in [5.74, 6) is -1.23. The molecule has 0 saturated heterocycles. The first-order valence-corrected chi connectivity index (χ1v) is 17.1. The van der Waals surface area contributed by atoms with Gasteiger partial charge in [0.15, 0.2) is 0 Å². The van der Waals surface area contributed by atoms with Gasteiger partial charge in [0.2, 0.25) is 17.7 Å². The van der Waals surface area contributed by atoms with Gasteiger partial charge in [-0.05, 0) is 68.4 Å². The second-order valence-corrected chi connectivity index (χ2v) is 12.8. The summed E-state index contributed by atoms with van der Waals surface area (Å²) in [5.41, 5.74) is 14.8. The van der Waals surface area contributed by atoms with Crippen molar-refractivity contribution in [3.63, 3.8) is 0 Å². The highest BCUT2D eigenvalue weighted by Crippen LogP contribution is 2.20. The summed E-state index contributed by atoms with van der Waals surface area (Å²) in [4.78, 5) is 41.3. The van der Waals surface area contributed by atoms with E-state index in [2.05, 4.69) is 16.0 Å². The smallest absolute Gasteiger partial charge is 0.243 e. The Balaban J connectivity index is 1.23. The number of carbonyl (C=O) groups excluding carboxylic acids is 3. The van der Waals surface area contributed by atoms with Crippen LogP contribution in [0, 0.1) is 0 Å². The summed E-state index contributed by atoms with van der Waals surface area (Å²) < 4.78 is 0. The van der Waals surface area contributed by atoms with Gasteiger partial charge in [0.25, 0.3) is 0 Å². The number of rotatable bonds is 14. The van der Waals surface area contributed by atoms with E-state index < -0.39 is 29.9 Å². The maximum Gasteiger partial charge on any atom is 0.243 e. The maximum absolute atomic E-state index is 14.2. The molecule has 50 heavy (non-hydrogen) atoms. The van der Waals surface area contributed by atoms with Gasteiger partial charge in [-0.25, -0.2) is 0 Å². The number of nitrogens with two attached hydrogens (primary N) is 2. The summed E-state index contributed by atoms with van der Waals surface area (Å²) >= 11 is 0. The molecule has 8 nitrogen and oxygen atoms in total. The van der Waals surface area contributed by atoms with Gasteiger partial charge >= 0.3 is 0 Å². The molecule has 6 rings (SSSR count). The molecule has 0 heterocycles. The average molecular weight is 666 g/mol. The molecule has 0 aliphatic heterocycles. The van der Waals surface area contributed by atoms with Crippen LogP contribution in [-0.2, 0) is 33.6 Å². The molecule has 0 saturated carbocycles. The van der Waals surface area contributed by atoms with Crippen LogP contribution in [0.25, 0.3) is 32.3 Å². The normalized spacial score (nSPS) is 13.1. The predicted octanol–water partition coefficient (Wildman–Crippen LogP) is 4.94. The molecule has 0 radical (unpaired) electrons. The number of carbonyl (C=O) groups is 3. The fourth-order valence-corrected chi connectivity index (χ4v) is 6.32. The highest BCUT2D eigenvalue weighted by molar-refractivity contribution is 5.94. The van der Waals surface area contributed by atoms with Gasteiger partial charge in [-0.1, -0.05) is 127 Å². The van der Waals surface area contributed by atoms with Crippen LogP contribution in [0.15, 0.2) is 127 Å². The number of hydrogen-bond donors (Lipinski definition) is 5. The molecule has 6 aromatic carbocycles. The van der Waals surface area contributed by atoms with E-state index in [1.54, 1.807) is 0 Å². The standard InChI is InChI=1S/C42H43N5O3/c43-20-7-21-45-41(49)38(26-29-15-18-32-9-2-5-12-35(32)23-29)47-42(50)39(27-30-16-19-33-10-3-6-13-36(33)24-30)46-40(48)37(44)25-28-14-17-31-8-1-4-11-34(31)22-28/h1-6,8-19,22-24,37-39H,7,20-21,25-27,43-44H2,(H,45,49)(H,46,48)(H,47,50)/t37-,38+,39+/m1/s1. The first-order valence-electron chi connectivity index (χ1n) is 17.1. The van der Waals surface area contributed by atoms with Gasteiger partial charge in [-0.2, -0.15) is 0 Å². The third-order valence-corrected chi connectivity index (χ3v) is 9.06. The van der Waals surface area contributed by atoms with Gasteiger partial charge in [-0.15, -0.1) is 0 Å². The second-order valence-electron chi connectivity index (χ2n) is 12.8. The highest BCUT2D eigenvalue weighted by atomic mass is 16.2. The molecule has 0 unspecified atom stereocenters. The minimum Gasteiger partial charge on any atom is -0.354 e. The minimum absolute atomic E-state index is 0.211. The molecule has 0 fully saturated rings. The van der Waals surface area contributed by atoms with Crippen molar-refractivity contribution >= 4 is 50.0 Å². The van der Waals surface area contributed by atoms with Crippen LogP contribution in [0.1, 0.15) is 23.1 Å². The Morgan fingerprint density at radius 1 is 0.500 bits per heavy atom. The van der Waals surface area contributed by atoms with Crippen molar-refractivity contribution in [2.45, 2.75) is 43.8 Å². The van der Waals surface area contributed by atoms with Crippen molar-refractivity contribution in [2.24, 2.45) is 11.5 Å². The molecular weight excluding hydrogens is 622 g/mol. The molecular formula is C42H43N5O3. The average Bonchev–Trinajstić information content (AvgIpc) is 3.14. The molecule has 3 amide bonds. The molecule has 7 N–H and O–H groups in total. The number of hydrogen-bond acceptors (Lipinski definition) is 5. The zero-order valence-electron chi connectivity index (χ0n) is 28.0. The van der Waals surface area contributed by atoms with Crippen molar-refractivity contribution in [2.75, 3.05) is 13.1 Å². The van der Waals surface area contributed by atoms with Crippen LogP contribution >= 0.6 is 0 Å². The van der Waals surface area contributed by atoms with Crippen LogP contribution in [0.5, 0.6) is 0 Å². The number of benzene rings is 6. The quantitative estimate of drug-likeness (QED) is 0.105. The monoisotopic (exact) mass is 665 g/mol. The molecule has 0 aliphatic carbocycles. The Labute approximate surface area is 292 Å². The minimum atomic E-state index is -0.984. The van der Waals surface area contributed by atoms with Crippen molar-refractivity contribution in [3.8, 4) is 0 Å². The summed E-state index contributed by atoms with van der Waals surface area (Å²) in [6.07, 6.45) is 1.39.